The van der Waals surface area contributed by atoms with Gasteiger partial charge in [-0.15, -0.1) is 0 Å². The van der Waals surface area contributed by atoms with Gasteiger partial charge in [-0.1, -0.05) is 0 Å². The van der Waals surface area contributed by atoms with E-state index in [0.29, 0.717) is 18.5 Å². The van der Waals surface area contributed by atoms with Crippen LogP contribution in [0, 0.1) is 17.8 Å². The molecular weight excluding hydrogens is 253 g/mol. The Balaban J connectivity index is 1.47. The van der Waals surface area contributed by atoms with Gasteiger partial charge in [0.1, 0.15) is 0 Å². The van der Waals surface area contributed by atoms with Crippen molar-refractivity contribution in [2.45, 2.75) is 44.3 Å². The lowest BCUT2D eigenvalue weighted by molar-refractivity contribution is -0.124. The summed E-state index contributed by atoms with van der Waals surface area (Å²) >= 11 is 0. The third kappa shape index (κ3) is 2.92. The largest absolute Gasteiger partial charge is 0.401 e. The number of hydrogen-bond donors (Lipinski definition) is 1. The van der Waals surface area contributed by atoms with Crippen molar-refractivity contribution in [3.8, 4) is 0 Å². The van der Waals surface area contributed by atoms with Crippen LogP contribution < -0.4 is 5.32 Å². The molecule has 1 saturated carbocycles. The first-order chi connectivity index (χ1) is 9.04. The first-order valence-corrected chi connectivity index (χ1v) is 7.56. The van der Waals surface area contributed by atoms with E-state index in [1.807, 2.05) is 0 Å². The lowest BCUT2D eigenvalue weighted by Crippen LogP contribution is -2.54. The molecule has 3 atom stereocenters. The quantitative estimate of drug-likeness (QED) is 0.794. The maximum absolute atomic E-state index is 12.1. The van der Waals surface area contributed by atoms with Crippen LogP contribution in [-0.2, 0) is 0 Å². The SMILES string of the molecule is FC(F)(F)CNCCC1CCC2C3CCN(CC3)C12. The van der Waals surface area contributed by atoms with Gasteiger partial charge in [-0.2, -0.15) is 13.2 Å². The summed E-state index contributed by atoms with van der Waals surface area (Å²) < 4.78 is 36.2. The van der Waals surface area contributed by atoms with E-state index in [1.54, 1.807) is 0 Å². The summed E-state index contributed by atoms with van der Waals surface area (Å²) in [4.78, 5) is 2.62. The van der Waals surface area contributed by atoms with Crippen LogP contribution in [-0.4, -0.2) is 43.3 Å². The lowest BCUT2D eigenvalue weighted by atomic mass is 9.73. The van der Waals surface area contributed by atoms with Crippen LogP contribution in [0.3, 0.4) is 0 Å². The van der Waals surface area contributed by atoms with E-state index in [9.17, 15) is 13.2 Å². The number of fused-ring (bicyclic) bond motifs is 2. The van der Waals surface area contributed by atoms with Gasteiger partial charge in [-0.3, -0.25) is 4.90 Å². The summed E-state index contributed by atoms with van der Waals surface area (Å²) in [6.07, 6.45) is 2.04. The van der Waals surface area contributed by atoms with Crippen LogP contribution in [0.5, 0.6) is 0 Å². The van der Waals surface area contributed by atoms with Crippen molar-refractivity contribution in [3.63, 3.8) is 0 Å². The molecule has 2 nitrogen and oxygen atoms in total. The standard InChI is InChI=1S/C14H23F3N2/c15-14(16,17)9-18-6-3-11-1-2-12-10-4-7-19(8-5-10)13(11)12/h10-13,18H,1-9H2. The molecule has 110 valence electrons. The number of piperidine rings is 3. The van der Waals surface area contributed by atoms with Crippen molar-refractivity contribution in [3.05, 3.63) is 0 Å². The fourth-order valence-electron chi connectivity index (χ4n) is 4.66. The smallest absolute Gasteiger partial charge is 0.309 e. The Hall–Kier alpha value is -0.290. The first-order valence-electron chi connectivity index (χ1n) is 7.56. The van der Waals surface area contributed by atoms with Gasteiger partial charge in [0.25, 0.3) is 0 Å². The summed E-state index contributed by atoms with van der Waals surface area (Å²) in [5, 5.41) is 2.55. The van der Waals surface area contributed by atoms with Gasteiger partial charge < -0.3 is 5.32 Å². The Labute approximate surface area is 112 Å². The third-order valence-electron chi connectivity index (χ3n) is 5.41. The van der Waals surface area contributed by atoms with Gasteiger partial charge in [-0.25, -0.2) is 0 Å². The average Bonchev–Trinajstić information content (AvgIpc) is 2.81. The second-order valence-corrected chi connectivity index (χ2v) is 6.45. The Bertz CT molecular complexity index is 310. The first kappa shape index (κ1) is 13.7. The van der Waals surface area contributed by atoms with Gasteiger partial charge in [0.15, 0.2) is 0 Å². The van der Waals surface area contributed by atoms with E-state index in [0.717, 1.165) is 18.3 Å². The third-order valence-corrected chi connectivity index (χ3v) is 5.41. The molecule has 3 heterocycles. The fraction of sp³-hybridized carbons (Fsp3) is 1.00. The van der Waals surface area contributed by atoms with E-state index in [-0.39, 0.29) is 0 Å². The summed E-state index contributed by atoms with van der Waals surface area (Å²) in [5.41, 5.74) is 0. The molecule has 4 rings (SSSR count). The topological polar surface area (TPSA) is 15.3 Å². The molecule has 0 aromatic rings. The number of rotatable bonds is 4. The Kier molecular flexibility index (Phi) is 3.78. The number of nitrogens with zero attached hydrogens (tertiary/aromatic N) is 1. The molecule has 0 radical (unpaired) electrons. The Morgan fingerprint density at radius 1 is 1.05 bits per heavy atom. The molecule has 1 N–H and O–H groups in total. The molecule has 4 fully saturated rings. The van der Waals surface area contributed by atoms with Crippen LogP contribution in [0.25, 0.3) is 0 Å². The molecule has 3 saturated heterocycles. The summed E-state index contributed by atoms with van der Waals surface area (Å²) in [7, 11) is 0. The molecule has 3 aliphatic heterocycles. The number of alkyl halides is 3. The highest BCUT2D eigenvalue weighted by Gasteiger charge is 2.48. The molecule has 3 unspecified atom stereocenters. The van der Waals surface area contributed by atoms with Crippen molar-refractivity contribution >= 4 is 0 Å². The van der Waals surface area contributed by atoms with Crippen LogP contribution in [0.2, 0.25) is 0 Å². The number of hydrogen-bond acceptors (Lipinski definition) is 2. The maximum Gasteiger partial charge on any atom is 0.401 e. The molecule has 0 aromatic heterocycles. The van der Waals surface area contributed by atoms with Crippen molar-refractivity contribution in [1.29, 1.82) is 0 Å². The van der Waals surface area contributed by atoms with E-state index in [1.165, 1.54) is 38.8 Å². The van der Waals surface area contributed by atoms with Gasteiger partial charge >= 0.3 is 6.18 Å². The van der Waals surface area contributed by atoms with E-state index in [4.69, 9.17) is 0 Å². The summed E-state index contributed by atoms with van der Waals surface area (Å²) in [5.74, 6) is 2.37. The van der Waals surface area contributed by atoms with Gasteiger partial charge in [0, 0.05) is 6.04 Å². The highest BCUT2D eigenvalue weighted by atomic mass is 19.4. The minimum absolute atomic E-state index is 0.506. The molecule has 4 aliphatic rings. The van der Waals surface area contributed by atoms with Gasteiger partial charge in [-0.05, 0) is 69.5 Å². The lowest BCUT2D eigenvalue weighted by Gasteiger charge is -2.50. The molecule has 0 aromatic carbocycles. The fourth-order valence-corrected chi connectivity index (χ4v) is 4.66. The second-order valence-electron chi connectivity index (χ2n) is 6.45. The molecule has 1 aliphatic carbocycles. The molecular formula is C14H23F3N2. The van der Waals surface area contributed by atoms with E-state index in [2.05, 4.69) is 10.2 Å². The van der Waals surface area contributed by atoms with Crippen LogP contribution in [0.1, 0.15) is 32.1 Å². The zero-order chi connectivity index (χ0) is 13.5. The summed E-state index contributed by atoms with van der Waals surface area (Å²) in [6, 6.07) is 0.681. The highest BCUT2D eigenvalue weighted by Crippen LogP contribution is 2.49. The predicted molar refractivity (Wildman–Crippen MR) is 67.8 cm³/mol. The van der Waals surface area contributed by atoms with Crippen molar-refractivity contribution in [1.82, 2.24) is 10.2 Å². The van der Waals surface area contributed by atoms with Crippen molar-refractivity contribution < 1.29 is 13.2 Å². The average molecular weight is 276 g/mol. The maximum atomic E-state index is 12.1. The Morgan fingerprint density at radius 3 is 2.47 bits per heavy atom. The zero-order valence-electron chi connectivity index (χ0n) is 11.3. The van der Waals surface area contributed by atoms with Gasteiger partial charge in [0.2, 0.25) is 0 Å². The van der Waals surface area contributed by atoms with E-state index < -0.39 is 12.7 Å². The normalized spacial score (nSPS) is 41.5. The molecule has 5 heteroatoms. The molecule has 19 heavy (non-hydrogen) atoms. The van der Waals surface area contributed by atoms with Gasteiger partial charge in [0.05, 0.1) is 6.54 Å². The van der Waals surface area contributed by atoms with Crippen LogP contribution >= 0.6 is 0 Å². The molecule has 0 amide bonds. The Morgan fingerprint density at radius 2 is 1.79 bits per heavy atom. The summed E-state index contributed by atoms with van der Waals surface area (Å²) in [6.45, 7) is 2.10. The highest BCUT2D eigenvalue weighted by molar-refractivity contribution is 5.01. The van der Waals surface area contributed by atoms with Crippen LogP contribution in [0.15, 0.2) is 0 Å². The number of halogens is 3. The van der Waals surface area contributed by atoms with Crippen molar-refractivity contribution in [2.24, 2.45) is 17.8 Å². The molecule has 0 spiro atoms. The zero-order valence-corrected chi connectivity index (χ0v) is 11.3. The van der Waals surface area contributed by atoms with E-state index >= 15 is 0 Å². The minimum Gasteiger partial charge on any atom is -0.309 e. The monoisotopic (exact) mass is 276 g/mol. The van der Waals surface area contributed by atoms with Crippen LogP contribution in [0.4, 0.5) is 13.2 Å². The second kappa shape index (κ2) is 5.24. The van der Waals surface area contributed by atoms with Crippen molar-refractivity contribution in [2.75, 3.05) is 26.2 Å². The predicted octanol–water partition coefficient (Wildman–Crippen LogP) is 2.65. The number of nitrogens with one attached hydrogen (secondary N) is 1. The minimum atomic E-state index is -4.08. The molecule has 2 bridgehead atoms.